The molecule has 1 aromatic heterocycles. The van der Waals surface area contributed by atoms with Gasteiger partial charge in [-0.25, -0.2) is 0 Å². The third kappa shape index (κ3) is 3.43. The van der Waals surface area contributed by atoms with Crippen molar-refractivity contribution in [3.05, 3.63) is 24.0 Å². The van der Waals surface area contributed by atoms with E-state index in [9.17, 15) is 9.90 Å². The van der Waals surface area contributed by atoms with Gasteiger partial charge in [-0.3, -0.25) is 9.78 Å². The fourth-order valence-corrected chi connectivity index (χ4v) is 2.33. The number of hydrogen-bond acceptors (Lipinski definition) is 4. The van der Waals surface area contributed by atoms with Crippen LogP contribution in [-0.4, -0.2) is 47.6 Å². The fraction of sp³-hybridized carbons (Fsp3) is 0.538. The number of pyridine rings is 1. The van der Waals surface area contributed by atoms with E-state index in [2.05, 4.69) is 22.2 Å². The molecule has 2 heterocycles. The summed E-state index contributed by atoms with van der Waals surface area (Å²) in [7, 11) is 2.10. The Kier molecular flexibility index (Phi) is 4.15. The first-order valence-corrected chi connectivity index (χ1v) is 6.26. The quantitative estimate of drug-likeness (QED) is 0.834. The molecule has 1 aromatic rings. The van der Waals surface area contributed by atoms with E-state index >= 15 is 0 Å². The predicted molar refractivity (Wildman–Crippen MR) is 68.5 cm³/mol. The van der Waals surface area contributed by atoms with E-state index in [0.717, 1.165) is 19.5 Å². The van der Waals surface area contributed by atoms with Gasteiger partial charge in [0.25, 0.3) is 5.91 Å². The molecule has 1 unspecified atom stereocenters. The molecular weight excluding hydrogens is 230 g/mol. The summed E-state index contributed by atoms with van der Waals surface area (Å²) in [6.45, 7) is 2.85. The summed E-state index contributed by atoms with van der Waals surface area (Å²) in [5, 5.41) is 12.2. The van der Waals surface area contributed by atoms with Crippen LogP contribution >= 0.6 is 0 Å². The second kappa shape index (κ2) is 5.82. The molecule has 98 valence electrons. The molecule has 2 rings (SSSR count). The average Bonchev–Trinajstić information content (AvgIpc) is 2.36. The standard InChI is InChI=1S/C13H19N3O2/c1-16-4-2-3-10(9-16)6-15-13(18)11-5-12(17)8-14-7-11/h5,7-8,10,17H,2-4,6,9H2,1H3,(H,15,18). The molecule has 1 atom stereocenters. The topological polar surface area (TPSA) is 65.5 Å². The first kappa shape index (κ1) is 12.8. The molecule has 0 radical (unpaired) electrons. The SMILES string of the molecule is CN1CCCC(CNC(=O)c2cncc(O)c2)C1. The summed E-state index contributed by atoms with van der Waals surface area (Å²) < 4.78 is 0. The van der Waals surface area contributed by atoms with E-state index in [0.29, 0.717) is 18.0 Å². The maximum atomic E-state index is 11.8. The van der Waals surface area contributed by atoms with Crippen molar-refractivity contribution >= 4 is 5.91 Å². The molecule has 1 amide bonds. The molecular formula is C13H19N3O2. The van der Waals surface area contributed by atoms with Crippen LogP contribution in [0.15, 0.2) is 18.5 Å². The zero-order valence-electron chi connectivity index (χ0n) is 10.6. The Bertz CT molecular complexity index is 422. The van der Waals surface area contributed by atoms with E-state index in [-0.39, 0.29) is 11.7 Å². The number of likely N-dealkylation sites (tertiary alicyclic amines) is 1. The highest BCUT2D eigenvalue weighted by molar-refractivity contribution is 5.94. The van der Waals surface area contributed by atoms with Gasteiger partial charge >= 0.3 is 0 Å². The lowest BCUT2D eigenvalue weighted by Gasteiger charge is -2.29. The third-order valence-electron chi connectivity index (χ3n) is 3.26. The van der Waals surface area contributed by atoms with E-state index < -0.39 is 0 Å². The summed E-state index contributed by atoms with van der Waals surface area (Å²) >= 11 is 0. The minimum atomic E-state index is -0.174. The molecule has 0 aliphatic carbocycles. The number of nitrogens with zero attached hydrogens (tertiary/aromatic N) is 2. The van der Waals surface area contributed by atoms with Crippen LogP contribution in [0, 0.1) is 5.92 Å². The Labute approximate surface area is 107 Å². The molecule has 18 heavy (non-hydrogen) atoms. The number of piperidine rings is 1. The second-order valence-corrected chi connectivity index (χ2v) is 4.91. The van der Waals surface area contributed by atoms with Crippen molar-refractivity contribution in [3.63, 3.8) is 0 Å². The predicted octanol–water partition coefficient (Wildman–Crippen LogP) is 0.859. The van der Waals surface area contributed by atoms with Crippen molar-refractivity contribution in [2.75, 3.05) is 26.7 Å². The normalized spacial score (nSPS) is 20.6. The van der Waals surface area contributed by atoms with Crippen molar-refractivity contribution in [2.45, 2.75) is 12.8 Å². The van der Waals surface area contributed by atoms with Gasteiger partial charge in [0.15, 0.2) is 0 Å². The molecule has 1 fully saturated rings. The van der Waals surface area contributed by atoms with Crippen LogP contribution in [0.25, 0.3) is 0 Å². The molecule has 0 spiro atoms. The average molecular weight is 249 g/mol. The number of hydrogen-bond donors (Lipinski definition) is 2. The maximum absolute atomic E-state index is 11.8. The molecule has 5 heteroatoms. The minimum absolute atomic E-state index is 0.0139. The second-order valence-electron chi connectivity index (χ2n) is 4.91. The van der Waals surface area contributed by atoms with Crippen molar-refractivity contribution in [1.29, 1.82) is 0 Å². The van der Waals surface area contributed by atoms with Gasteiger partial charge in [-0.2, -0.15) is 0 Å². The van der Waals surface area contributed by atoms with Crippen molar-refractivity contribution in [1.82, 2.24) is 15.2 Å². The van der Waals surface area contributed by atoms with Crippen molar-refractivity contribution < 1.29 is 9.90 Å². The highest BCUT2D eigenvalue weighted by Crippen LogP contribution is 2.14. The van der Waals surface area contributed by atoms with Crippen LogP contribution in [0.4, 0.5) is 0 Å². The first-order chi connectivity index (χ1) is 8.65. The lowest BCUT2D eigenvalue weighted by Crippen LogP contribution is -2.39. The van der Waals surface area contributed by atoms with Crippen LogP contribution in [0.2, 0.25) is 0 Å². The van der Waals surface area contributed by atoms with E-state index in [1.165, 1.54) is 24.9 Å². The Hall–Kier alpha value is -1.62. The molecule has 1 aliphatic rings. The van der Waals surface area contributed by atoms with Crippen LogP contribution < -0.4 is 5.32 Å². The number of aromatic nitrogens is 1. The lowest BCUT2D eigenvalue weighted by atomic mass is 9.98. The van der Waals surface area contributed by atoms with Gasteiger partial charge in [-0.1, -0.05) is 0 Å². The maximum Gasteiger partial charge on any atom is 0.252 e. The number of amides is 1. The monoisotopic (exact) mass is 249 g/mol. The van der Waals surface area contributed by atoms with Gasteiger partial charge in [0.05, 0.1) is 11.8 Å². The van der Waals surface area contributed by atoms with Crippen molar-refractivity contribution in [2.24, 2.45) is 5.92 Å². The molecule has 0 bridgehead atoms. The highest BCUT2D eigenvalue weighted by atomic mass is 16.3. The Morgan fingerprint density at radius 2 is 2.44 bits per heavy atom. The first-order valence-electron chi connectivity index (χ1n) is 6.26. The summed E-state index contributed by atoms with van der Waals surface area (Å²) in [4.78, 5) is 17.9. The van der Waals surface area contributed by atoms with Gasteiger partial charge in [-0.05, 0) is 38.4 Å². The zero-order valence-corrected chi connectivity index (χ0v) is 10.6. The van der Waals surface area contributed by atoms with E-state index in [1.807, 2.05) is 0 Å². The Morgan fingerprint density at radius 3 is 3.17 bits per heavy atom. The zero-order chi connectivity index (χ0) is 13.0. The summed E-state index contributed by atoms with van der Waals surface area (Å²) in [6.07, 6.45) is 5.11. The van der Waals surface area contributed by atoms with E-state index in [4.69, 9.17) is 0 Å². The largest absolute Gasteiger partial charge is 0.506 e. The van der Waals surface area contributed by atoms with Gasteiger partial charge in [-0.15, -0.1) is 0 Å². The van der Waals surface area contributed by atoms with Gasteiger partial charge in [0.1, 0.15) is 5.75 Å². The molecule has 0 aromatic carbocycles. The number of carbonyl (C=O) groups excluding carboxylic acids is 1. The highest BCUT2D eigenvalue weighted by Gasteiger charge is 2.18. The summed E-state index contributed by atoms with van der Waals surface area (Å²) in [6, 6.07) is 1.43. The summed E-state index contributed by atoms with van der Waals surface area (Å²) in [5.41, 5.74) is 0.402. The van der Waals surface area contributed by atoms with Gasteiger partial charge < -0.3 is 15.3 Å². The number of nitrogens with one attached hydrogen (secondary N) is 1. The third-order valence-corrected chi connectivity index (χ3v) is 3.26. The number of aromatic hydroxyl groups is 1. The lowest BCUT2D eigenvalue weighted by molar-refractivity contribution is 0.0936. The molecule has 2 N–H and O–H groups in total. The molecule has 1 saturated heterocycles. The van der Waals surface area contributed by atoms with Gasteiger partial charge in [0, 0.05) is 19.3 Å². The van der Waals surface area contributed by atoms with Crippen LogP contribution in [0.5, 0.6) is 5.75 Å². The number of carbonyl (C=O) groups is 1. The van der Waals surface area contributed by atoms with Crippen LogP contribution in [0.1, 0.15) is 23.2 Å². The van der Waals surface area contributed by atoms with Crippen LogP contribution in [0.3, 0.4) is 0 Å². The smallest absolute Gasteiger partial charge is 0.252 e. The van der Waals surface area contributed by atoms with E-state index in [1.54, 1.807) is 0 Å². The molecule has 0 saturated carbocycles. The van der Waals surface area contributed by atoms with Crippen LogP contribution in [-0.2, 0) is 0 Å². The molecule has 1 aliphatic heterocycles. The van der Waals surface area contributed by atoms with Gasteiger partial charge in [0.2, 0.25) is 0 Å². The molecule has 5 nitrogen and oxygen atoms in total. The number of rotatable bonds is 3. The van der Waals surface area contributed by atoms with Crippen molar-refractivity contribution in [3.8, 4) is 5.75 Å². The fourth-order valence-electron chi connectivity index (χ4n) is 2.33. The summed E-state index contributed by atoms with van der Waals surface area (Å²) in [5.74, 6) is 0.352. The minimum Gasteiger partial charge on any atom is -0.506 e. The Balaban J connectivity index is 1.84. The Morgan fingerprint density at radius 1 is 1.61 bits per heavy atom.